The highest BCUT2D eigenvalue weighted by Crippen LogP contribution is 2.30. The van der Waals surface area contributed by atoms with Crippen molar-refractivity contribution < 1.29 is 37.4 Å². The molecule has 2 N–H and O–H groups in total. The lowest BCUT2D eigenvalue weighted by Crippen LogP contribution is -2.49. The number of carbonyl (C=O) groups is 3. The van der Waals surface area contributed by atoms with E-state index in [1.807, 2.05) is 0 Å². The van der Waals surface area contributed by atoms with Crippen LogP contribution in [0.4, 0.5) is 23.7 Å². The van der Waals surface area contributed by atoms with Crippen molar-refractivity contribution in [2.24, 2.45) is 10.9 Å². The number of amides is 3. The Labute approximate surface area is 238 Å². The van der Waals surface area contributed by atoms with Crippen molar-refractivity contribution in [3.63, 3.8) is 0 Å². The van der Waals surface area contributed by atoms with Gasteiger partial charge in [0.25, 0.3) is 0 Å². The van der Waals surface area contributed by atoms with Crippen LogP contribution in [-0.2, 0) is 22.3 Å². The number of aromatic nitrogens is 1. The number of urea groups is 1. The Kier molecular flexibility index (Phi) is 10.3. The molecule has 1 atom stereocenters. The predicted octanol–water partition coefficient (Wildman–Crippen LogP) is 5.55. The van der Waals surface area contributed by atoms with Gasteiger partial charge in [-0.3, -0.25) is 19.8 Å². The smallest absolute Gasteiger partial charge is 0.433 e. The maximum Gasteiger partial charge on any atom is 0.433 e. The Morgan fingerprint density at radius 2 is 1.78 bits per heavy atom. The molecular formula is C27H25ClF3N5O5. The number of benzene rings is 2. The second-order valence-electron chi connectivity index (χ2n) is 8.80. The van der Waals surface area contributed by atoms with Gasteiger partial charge in [0.1, 0.15) is 11.4 Å². The van der Waals surface area contributed by atoms with Crippen molar-refractivity contribution in [1.29, 1.82) is 0 Å². The molecule has 0 aliphatic heterocycles. The number of carbonyl (C=O) groups excluding carboxylic acids is 2. The largest absolute Gasteiger partial charge is 0.481 e. The molecule has 2 aromatic carbocycles. The number of aliphatic imine (C=N–C) groups is 1. The van der Waals surface area contributed by atoms with Crippen molar-refractivity contribution in [3.8, 4) is 11.6 Å². The van der Waals surface area contributed by atoms with Gasteiger partial charge >= 0.3 is 18.2 Å². The van der Waals surface area contributed by atoms with Crippen LogP contribution in [0.3, 0.4) is 0 Å². The third-order valence-electron chi connectivity index (χ3n) is 5.51. The van der Waals surface area contributed by atoms with Crippen LogP contribution in [-0.4, -0.2) is 57.9 Å². The van der Waals surface area contributed by atoms with Gasteiger partial charge in [-0.1, -0.05) is 36.7 Å². The number of carboxylic acid groups (broad SMARTS) is 1. The number of pyridine rings is 1. The molecule has 3 rings (SSSR count). The van der Waals surface area contributed by atoms with E-state index >= 15 is 0 Å². The van der Waals surface area contributed by atoms with Crippen LogP contribution < -0.4 is 10.1 Å². The molecule has 0 aliphatic rings. The van der Waals surface area contributed by atoms with Gasteiger partial charge in [-0.25, -0.2) is 14.8 Å². The SMILES string of the molecule is C[C@@H](CN(C)C(=O)NC(=Nc1ccc(Oc2cccc(C(F)(F)F)n2)cc1)N(C=O)Cc1ccc(Cl)cc1)C(=O)O. The molecule has 0 bridgehead atoms. The topological polar surface area (TPSA) is 124 Å². The summed E-state index contributed by atoms with van der Waals surface area (Å²) in [6.45, 7) is 1.34. The van der Waals surface area contributed by atoms with Crippen molar-refractivity contribution in [1.82, 2.24) is 20.1 Å². The van der Waals surface area contributed by atoms with Crippen molar-refractivity contribution in [2.45, 2.75) is 19.6 Å². The number of carboxylic acids is 1. The first-order valence-electron chi connectivity index (χ1n) is 12.0. The lowest BCUT2D eigenvalue weighted by molar-refractivity contribution is -0.142. The Hall–Kier alpha value is -4.65. The first-order chi connectivity index (χ1) is 19.3. The standard InChI is InChI=1S/C27H25ClF3N5O5/c1-17(24(38)39)14-35(2)26(40)34-25(36(16-37)15-18-6-8-19(28)9-7-18)32-20-10-12-21(13-11-20)41-23-5-3-4-22(33-23)27(29,30)31/h3-13,16-17H,14-15H2,1-2H3,(H,38,39)(H,32,34,40)/t17-/m0/s1. The monoisotopic (exact) mass is 591 g/mol. The number of ether oxygens (including phenoxy) is 1. The minimum atomic E-state index is -4.63. The summed E-state index contributed by atoms with van der Waals surface area (Å²) < 4.78 is 44.2. The van der Waals surface area contributed by atoms with Gasteiger partial charge in [-0.2, -0.15) is 13.2 Å². The summed E-state index contributed by atoms with van der Waals surface area (Å²) in [7, 11) is 1.39. The van der Waals surface area contributed by atoms with Crippen LogP contribution in [0.5, 0.6) is 11.6 Å². The molecule has 0 unspecified atom stereocenters. The molecule has 216 valence electrons. The third-order valence-corrected chi connectivity index (χ3v) is 5.76. The molecule has 3 amide bonds. The van der Waals surface area contributed by atoms with Crippen LogP contribution in [0.25, 0.3) is 0 Å². The van der Waals surface area contributed by atoms with Crippen molar-refractivity contribution >= 4 is 41.7 Å². The number of guanidine groups is 1. The predicted molar refractivity (Wildman–Crippen MR) is 144 cm³/mol. The molecule has 0 radical (unpaired) electrons. The van der Waals surface area contributed by atoms with Gasteiger partial charge in [0.05, 0.1) is 18.2 Å². The summed E-state index contributed by atoms with van der Waals surface area (Å²) in [5.41, 5.74) is -0.170. The molecule has 41 heavy (non-hydrogen) atoms. The average Bonchev–Trinajstić information content (AvgIpc) is 2.93. The van der Waals surface area contributed by atoms with E-state index < -0.39 is 29.8 Å². The fourth-order valence-corrected chi connectivity index (χ4v) is 3.46. The van der Waals surface area contributed by atoms with Crippen LogP contribution in [0.15, 0.2) is 71.7 Å². The third kappa shape index (κ3) is 9.21. The molecule has 1 aromatic heterocycles. The van der Waals surface area contributed by atoms with E-state index in [1.54, 1.807) is 24.3 Å². The second-order valence-corrected chi connectivity index (χ2v) is 9.24. The van der Waals surface area contributed by atoms with Crippen molar-refractivity contribution in [2.75, 3.05) is 13.6 Å². The zero-order valence-electron chi connectivity index (χ0n) is 21.8. The number of hydrogen-bond acceptors (Lipinski definition) is 6. The summed E-state index contributed by atoms with van der Waals surface area (Å²) in [5, 5.41) is 12.2. The molecule has 14 heteroatoms. The molecule has 0 saturated heterocycles. The minimum Gasteiger partial charge on any atom is -0.481 e. The molecule has 0 fully saturated rings. The van der Waals surface area contributed by atoms with E-state index in [4.69, 9.17) is 21.4 Å². The highest BCUT2D eigenvalue weighted by Gasteiger charge is 2.32. The summed E-state index contributed by atoms with van der Waals surface area (Å²) in [4.78, 5) is 46.2. The molecule has 0 saturated carbocycles. The number of nitrogens with one attached hydrogen (secondary N) is 1. The molecular weight excluding hydrogens is 567 g/mol. The number of alkyl halides is 3. The van der Waals surface area contributed by atoms with E-state index in [1.165, 1.54) is 50.4 Å². The molecule has 1 heterocycles. The van der Waals surface area contributed by atoms with Gasteiger partial charge in [-0.05, 0) is 48.0 Å². The lowest BCUT2D eigenvalue weighted by atomic mass is 10.2. The van der Waals surface area contributed by atoms with E-state index in [2.05, 4.69) is 15.3 Å². The van der Waals surface area contributed by atoms with E-state index in [0.29, 0.717) is 17.0 Å². The summed E-state index contributed by atoms with van der Waals surface area (Å²) in [6, 6.07) is 14.9. The average molecular weight is 592 g/mol. The van der Waals surface area contributed by atoms with E-state index in [0.717, 1.165) is 15.9 Å². The minimum absolute atomic E-state index is 0.0113. The quantitative estimate of drug-likeness (QED) is 0.191. The number of hydrogen-bond donors (Lipinski definition) is 2. The zero-order valence-corrected chi connectivity index (χ0v) is 22.6. The summed E-state index contributed by atoms with van der Waals surface area (Å²) in [6.07, 6.45) is -4.17. The Balaban J connectivity index is 1.86. The molecule has 3 aromatic rings. The first kappa shape index (κ1) is 30.9. The van der Waals surface area contributed by atoms with E-state index in [9.17, 15) is 27.6 Å². The zero-order chi connectivity index (χ0) is 30.2. The Morgan fingerprint density at radius 3 is 2.37 bits per heavy atom. The van der Waals surface area contributed by atoms with E-state index in [-0.39, 0.29) is 36.4 Å². The normalized spacial score (nSPS) is 12.3. The summed E-state index contributed by atoms with van der Waals surface area (Å²) in [5.74, 6) is -2.20. The lowest BCUT2D eigenvalue weighted by Gasteiger charge is -2.24. The Bertz CT molecular complexity index is 1400. The highest BCUT2D eigenvalue weighted by atomic mass is 35.5. The maximum absolute atomic E-state index is 12.9. The van der Waals surface area contributed by atoms with Gasteiger partial charge in [0, 0.05) is 24.7 Å². The first-order valence-corrected chi connectivity index (χ1v) is 12.4. The Morgan fingerprint density at radius 1 is 1.12 bits per heavy atom. The number of aliphatic carboxylic acids is 1. The number of rotatable bonds is 9. The molecule has 0 aliphatic carbocycles. The van der Waals surface area contributed by atoms with Crippen LogP contribution in [0.1, 0.15) is 18.2 Å². The number of halogens is 4. The second kappa shape index (κ2) is 13.6. The summed E-state index contributed by atoms with van der Waals surface area (Å²) >= 11 is 5.94. The highest BCUT2D eigenvalue weighted by molar-refractivity contribution is 6.30. The fourth-order valence-electron chi connectivity index (χ4n) is 3.34. The number of nitrogens with zero attached hydrogens (tertiary/aromatic N) is 4. The van der Waals surface area contributed by atoms with Crippen LogP contribution >= 0.6 is 11.6 Å². The van der Waals surface area contributed by atoms with Gasteiger partial charge in [0.15, 0.2) is 0 Å². The van der Waals surface area contributed by atoms with Crippen molar-refractivity contribution in [3.05, 3.63) is 83.0 Å². The van der Waals surface area contributed by atoms with Gasteiger partial charge in [0.2, 0.25) is 18.2 Å². The van der Waals surface area contributed by atoms with Gasteiger partial charge < -0.3 is 14.7 Å². The molecule has 0 spiro atoms. The van der Waals surface area contributed by atoms with Crippen LogP contribution in [0.2, 0.25) is 5.02 Å². The van der Waals surface area contributed by atoms with Crippen LogP contribution in [0, 0.1) is 5.92 Å². The fraction of sp³-hybridized carbons (Fsp3) is 0.222. The molecule has 10 nitrogen and oxygen atoms in total. The maximum atomic E-state index is 12.9. The van der Waals surface area contributed by atoms with Gasteiger partial charge in [-0.15, -0.1) is 0 Å².